The summed E-state index contributed by atoms with van der Waals surface area (Å²) in [6.45, 7) is 3.39. The zero-order valence-electron chi connectivity index (χ0n) is 18.0. The van der Waals surface area contributed by atoms with Gasteiger partial charge in [0.25, 0.3) is 0 Å². The van der Waals surface area contributed by atoms with Crippen LogP contribution in [0.25, 0.3) is 0 Å². The van der Waals surface area contributed by atoms with Gasteiger partial charge in [-0.1, -0.05) is 30.3 Å². The molecule has 1 aromatic carbocycles. The SMILES string of the molecule is CC(N)C(=O)NC(C)C(=O)NC(Cc1ccccc1)C(=O)NC(CCCCN)C(=O)O. The maximum absolute atomic E-state index is 12.9. The Kier molecular flexibility index (Phi) is 11.2. The van der Waals surface area contributed by atoms with Crippen LogP contribution in [0.15, 0.2) is 30.3 Å². The van der Waals surface area contributed by atoms with Crippen LogP contribution in [0.3, 0.4) is 0 Å². The first-order chi connectivity index (χ1) is 14.6. The van der Waals surface area contributed by atoms with Crippen molar-refractivity contribution in [1.29, 1.82) is 0 Å². The number of hydrogen-bond donors (Lipinski definition) is 6. The third-order valence-corrected chi connectivity index (χ3v) is 4.64. The summed E-state index contributed by atoms with van der Waals surface area (Å²) in [4.78, 5) is 48.7. The van der Waals surface area contributed by atoms with E-state index in [1.165, 1.54) is 13.8 Å². The van der Waals surface area contributed by atoms with Crippen LogP contribution in [0, 0.1) is 0 Å². The van der Waals surface area contributed by atoms with Crippen molar-refractivity contribution in [3.05, 3.63) is 35.9 Å². The monoisotopic (exact) mass is 435 g/mol. The number of unbranched alkanes of at least 4 members (excludes halogenated alkanes) is 1. The fourth-order valence-electron chi connectivity index (χ4n) is 2.79. The fourth-order valence-corrected chi connectivity index (χ4v) is 2.79. The topological polar surface area (TPSA) is 177 Å². The Morgan fingerprint density at radius 3 is 2.06 bits per heavy atom. The van der Waals surface area contributed by atoms with E-state index in [4.69, 9.17) is 11.5 Å². The Morgan fingerprint density at radius 1 is 0.903 bits per heavy atom. The van der Waals surface area contributed by atoms with Gasteiger partial charge in [-0.25, -0.2) is 4.79 Å². The average molecular weight is 436 g/mol. The highest BCUT2D eigenvalue weighted by Gasteiger charge is 2.28. The van der Waals surface area contributed by atoms with Gasteiger partial charge < -0.3 is 32.5 Å². The summed E-state index contributed by atoms with van der Waals surface area (Å²) in [6, 6.07) is 5.17. The normalized spacial score (nSPS) is 14.6. The molecular formula is C21H33N5O5. The van der Waals surface area contributed by atoms with Gasteiger partial charge in [-0.2, -0.15) is 0 Å². The quantitative estimate of drug-likeness (QED) is 0.221. The number of carbonyl (C=O) groups is 4. The third kappa shape index (κ3) is 9.58. The fraction of sp³-hybridized carbons (Fsp3) is 0.524. The molecule has 0 fully saturated rings. The van der Waals surface area contributed by atoms with E-state index in [9.17, 15) is 24.3 Å². The molecule has 0 saturated carbocycles. The van der Waals surface area contributed by atoms with E-state index in [0.29, 0.717) is 19.4 Å². The minimum atomic E-state index is -1.16. The summed E-state index contributed by atoms with van der Waals surface area (Å²) in [6.07, 6.45) is 1.57. The maximum atomic E-state index is 12.9. The molecule has 0 aliphatic heterocycles. The van der Waals surface area contributed by atoms with Gasteiger partial charge >= 0.3 is 5.97 Å². The number of aliphatic carboxylic acids is 1. The highest BCUT2D eigenvalue weighted by atomic mass is 16.4. The van der Waals surface area contributed by atoms with Crippen molar-refractivity contribution in [2.45, 2.75) is 63.7 Å². The van der Waals surface area contributed by atoms with E-state index in [0.717, 1.165) is 5.56 Å². The first kappa shape index (κ1) is 26.1. The molecule has 1 aromatic rings. The van der Waals surface area contributed by atoms with Crippen LogP contribution in [-0.4, -0.2) is 59.5 Å². The molecule has 0 saturated heterocycles. The van der Waals surface area contributed by atoms with Crippen molar-refractivity contribution in [1.82, 2.24) is 16.0 Å². The Hall–Kier alpha value is -2.98. The Balaban J connectivity index is 2.91. The molecule has 10 heteroatoms. The standard InChI is InChI=1S/C21H33N5O5/c1-13(23)18(27)24-14(2)19(28)26-17(12-15-8-4-3-5-9-15)20(29)25-16(21(30)31)10-6-7-11-22/h3-5,8-9,13-14,16-17H,6-7,10-12,22-23H2,1-2H3,(H,24,27)(H,25,29)(H,26,28)(H,30,31). The third-order valence-electron chi connectivity index (χ3n) is 4.64. The van der Waals surface area contributed by atoms with Crippen LogP contribution in [0.4, 0.5) is 0 Å². The van der Waals surface area contributed by atoms with E-state index in [-0.39, 0.29) is 12.8 Å². The van der Waals surface area contributed by atoms with Crippen molar-refractivity contribution >= 4 is 23.7 Å². The van der Waals surface area contributed by atoms with Gasteiger partial charge in [0.05, 0.1) is 6.04 Å². The molecule has 0 aliphatic carbocycles. The van der Waals surface area contributed by atoms with Gasteiger partial charge in [-0.05, 0) is 45.2 Å². The zero-order chi connectivity index (χ0) is 23.4. The first-order valence-electron chi connectivity index (χ1n) is 10.3. The molecule has 3 amide bonds. The number of carboxylic acid groups (broad SMARTS) is 1. The van der Waals surface area contributed by atoms with E-state index in [2.05, 4.69) is 16.0 Å². The van der Waals surface area contributed by atoms with Crippen molar-refractivity contribution < 1.29 is 24.3 Å². The second-order valence-electron chi connectivity index (χ2n) is 7.45. The van der Waals surface area contributed by atoms with Crippen LogP contribution >= 0.6 is 0 Å². The lowest BCUT2D eigenvalue weighted by Gasteiger charge is -2.23. The van der Waals surface area contributed by atoms with Crippen LogP contribution in [0.1, 0.15) is 38.7 Å². The van der Waals surface area contributed by atoms with Gasteiger partial charge in [0, 0.05) is 6.42 Å². The molecule has 31 heavy (non-hydrogen) atoms. The lowest BCUT2D eigenvalue weighted by molar-refractivity contribution is -0.142. The van der Waals surface area contributed by atoms with Gasteiger partial charge in [0.15, 0.2) is 0 Å². The molecule has 172 valence electrons. The minimum Gasteiger partial charge on any atom is -0.480 e. The molecule has 1 rings (SSSR count). The number of nitrogens with one attached hydrogen (secondary N) is 3. The number of carbonyl (C=O) groups excluding carboxylic acids is 3. The number of hydrogen-bond acceptors (Lipinski definition) is 6. The van der Waals surface area contributed by atoms with E-state index >= 15 is 0 Å². The summed E-state index contributed by atoms with van der Waals surface area (Å²) in [7, 11) is 0. The lowest BCUT2D eigenvalue weighted by atomic mass is 10.0. The Bertz CT molecular complexity index is 741. The molecule has 4 unspecified atom stereocenters. The lowest BCUT2D eigenvalue weighted by Crippen LogP contribution is -2.56. The number of rotatable bonds is 13. The number of carboxylic acids is 1. The molecule has 4 atom stereocenters. The second-order valence-corrected chi connectivity index (χ2v) is 7.45. The van der Waals surface area contributed by atoms with Crippen LogP contribution in [-0.2, 0) is 25.6 Å². The van der Waals surface area contributed by atoms with E-state index < -0.39 is 47.9 Å². The average Bonchev–Trinajstić information content (AvgIpc) is 2.72. The first-order valence-corrected chi connectivity index (χ1v) is 10.3. The predicted octanol–water partition coefficient (Wildman–Crippen LogP) is -0.736. The van der Waals surface area contributed by atoms with E-state index in [1.54, 1.807) is 24.3 Å². The van der Waals surface area contributed by atoms with Gasteiger partial charge in [-0.15, -0.1) is 0 Å². The van der Waals surface area contributed by atoms with E-state index in [1.807, 2.05) is 6.07 Å². The largest absolute Gasteiger partial charge is 0.480 e. The Morgan fingerprint density at radius 2 is 1.52 bits per heavy atom. The predicted molar refractivity (Wildman–Crippen MR) is 116 cm³/mol. The number of amides is 3. The molecule has 0 heterocycles. The molecule has 0 bridgehead atoms. The van der Waals surface area contributed by atoms with Crippen LogP contribution < -0.4 is 27.4 Å². The zero-order valence-corrected chi connectivity index (χ0v) is 18.0. The van der Waals surface area contributed by atoms with Crippen LogP contribution in [0.5, 0.6) is 0 Å². The summed E-state index contributed by atoms with van der Waals surface area (Å²) in [5, 5.41) is 17.0. The molecule has 8 N–H and O–H groups in total. The van der Waals surface area contributed by atoms with Gasteiger partial charge in [-0.3, -0.25) is 14.4 Å². The van der Waals surface area contributed by atoms with Crippen molar-refractivity contribution in [2.75, 3.05) is 6.54 Å². The summed E-state index contributed by atoms with van der Waals surface area (Å²) in [5.74, 6) is -2.87. The summed E-state index contributed by atoms with van der Waals surface area (Å²) < 4.78 is 0. The molecule has 0 aromatic heterocycles. The minimum absolute atomic E-state index is 0.154. The van der Waals surface area contributed by atoms with Crippen molar-refractivity contribution in [3.8, 4) is 0 Å². The van der Waals surface area contributed by atoms with Gasteiger partial charge in [0.1, 0.15) is 18.1 Å². The Labute approximate surface area is 182 Å². The van der Waals surface area contributed by atoms with Gasteiger partial charge in [0.2, 0.25) is 17.7 Å². The smallest absolute Gasteiger partial charge is 0.326 e. The van der Waals surface area contributed by atoms with Crippen LogP contribution in [0.2, 0.25) is 0 Å². The van der Waals surface area contributed by atoms with Crippen molar-refractivity contribution in [2.24, 2.45) is 11.5 Å². The molecular weight excluding hydrogens is 402 g/mol. The number of nitrogens with two attached hydrogens (primary N) is 2. The second kappa shape index (κ2) is 13.3. The maximum Gasteiger partial charge on any atom is 0.326 e. The molecule has 0 radical (unpaired) electrons. The highest BCUT2D eigenvalue weighted by Crippen LogP contribution is 2.06. The molecule has 0 aliphatic rings. The molecule has 10 nitrogen and oxygen atoms in total. The summed E-state index contributed by atoms with van der Waals surface area (Å²) >= 11 is 0. The molecule has 0 spiro atoms. The highest BCUT2D eigenvalue weighted by molar-refractivity contribution is 5.93. The number of benzene rings is 1. The summed E-state index contributed by atoms with van der Waals surface area (Å²) in [5.41, 5.74) is 11.7. The van der Waals surface area contributed by atoms with Crippen molar-refractivity contribution in [3.63, 3.8) is 0 Å².